The summed E-state index contributed by atoms with van der Waals surface area (Å²) in [6.07, 6.45) is 7.10. The first-order valence-corrected chi connectivity index (χ1v) is 7.47. The highest BCUT2D eigenvalue weighted by Crippen LogP contribution is 2.10. The Morgan fingerprint density at radius 2 is 2.00 bits per heavy atom. The topological polar surface area (TPSA) is 50.2 Å². The molecule has 1 fully saturated rings. The SMILES string of the molecule is CC(C)(C)NCc1cncn1CC(=O)N1CCCCC1. The number of nitrogens with one attached hydrogen (secondary N) is 1. The highest BCUT2D eigenvalue weighted by atomic mass is 16.2. The van der Waals surface area contributed by atoms with Crippen molar-refractivity contribution in [3.05, 3.63) is 18.2 Å². The summed E-state index contributed by atoms with van der Waals surface area (Å²) in [5.74, 6) is 0.208. The second kappa shape index (κ2) is 6.39. The van der Waals surface area contributed by atoms with Gasteiger partial charge in [0.05, 0.1) is 12.0 Å². The van der Waals surface area contributed by atoms with Crippen LogP contribution >= 0.6 is 0 Å². The summed E-state index contributed by atoms with van der Waals surface area (Å²) in [5.41, 5.74) is 1.12. The van der Waals surface area contributed by atoms with E-state index in [2.05, 4.69) is 31.1 Å². The van der Waals surface area contributed by atoms with Gasteiger partial charge in [-0.15, -0.1) is 0 Å². The van der Waals surface area contributed by atoms with E-state index in [0.717, 1.165) is 38.2 Å². The number of rotatable bonds is 4. The molecule has 0 atom stereocenters. The van der Waals surface area contributed by atoms with Gasteiger partial charge in [-0.2, -0.15) is 0 Å². The molecule has 2 rings (SSSR count). The average Bonchev–Trinajstić information content (AvgIpc) is 2.84. The van der Waals surface area contributed by atoms with Crippen molar-refractivity contribution in [2.24, 2.45) is 0 Å². The van der Waals surface area contributed by atoms with Gasteiger partial charge in [0.2, 0.25) is 5.91 Å². The molecule has 0 bridgehead atoms. The molecule has 1 aliphatic rings. The van der Waals surface area contributed by atoms with E-state index in [9.17, 15) is 4.79 Å². The van der Waals surface area contributed by atoms with Gasteiger partial charge in [-0.25, -0.2) is 4.98 Å². The molecule has 1 aliphatic heterocycles. The predicted molar refractivity (Wildman–Crippen MR) is 79.3 cm³/mol. The summed E-state index contributed by atoms with van der Waals surface area (Å²) in [6, 6.07) is 0. The number of likely N-dealkylation sites (tertiary alicyclic amines) is 1. The first-order valence-electron chi connectivity index (χ1n) is 7.47. The zero-order valence-electron chi connectivity index (χ0n) is 12.9. The van der Waals surface area contributed by atoms with Crippen LogP contribution in [0.3, 0.4) is 0 Å². The van der Waals surface area contributed by atoms with Gasteiger partial charge in [0.15, 0.2) is 0 Å². The van der Waals surface area contributed by atoms with Crippen LogP contribution < -0.4 is 5.32 Å². The van der Waals surface area contributed by atoms with Crippen LogP contribution in [0.1, 0.15) is 45.7 Å². The van der Waals surface area contributed by atoms with E-state index in [1.165, 1.54) is 6.42 Å². The van der Waals surface area contributed by atoms with E-state index < -0.39 is 0 Å². The maximum Gasteiger partial charge on any atom is 0.242 e. The highest BCUT2D eigenvalue weighted by Gasteiger charge is 2.18. The van der Waals surface area contributed by atoms with Crippen LogP contribution in [0.25, 0.3) is 0 Å². The maximum absolute atomic E-state index is 12.3. The summed E-state index contributed by atoms with van der Waals surface area (Å²) in [5, 5.41) is 3.43. The first kappa shape index (κ1) is 15.0. The lowest BCUT2D eigenvalue weighted by Crippen LogP contribution is -2.39. The van der Waals surface area contributed by atoms with Crippen molar-refractivity contribution in [1.82, 2.24) is 19.8 Å². The fourth-order valence-corrected chi connectivity index (χ4v) is 2.38. The Bertz CT molecular complexity index is 441. The summed E-state index contributed by atoms with van der Waals surface area (Å²) in [4.78, 5) is 18.4. The minimum Gasteiger partial charge on any atom is -0.341 e. The van der Waals surface area contributed by atoms with E-state index in [4.69, 9.17) is 0 Å². The Kier molecular flexibility index (Phi) is 4.81. The smallest absolute Gasteiger partial charge is 0.242 e. The Morgan fingerprint density at radius 1 is 1.30 bits per heavy atom. The number of carbonyl (C=O) groups is 1. The van der Waals surface area contributed by atoms with Gasteiger partial charge in [0, 0.05) is 31.4 Å². The second-order valence-electron chi connectivity index (χ2n) is 6.56. The quantitative estimate of drug-likeness (QED) is 0.913. The van der Waals surface area contributed by atoms with E-state index >= 15 is 0 Å². The van der Waals surface area contributed by atoms with E-state index in [0.29, 0.717) is 6.54 Å². The van der Waals surface area contributed by atoms with Gasteiger partial charge in [-0.1, -0.05) is 0 Å². The summed E-state index contributed by atoms with van der Waals surface area (Å²) in [7, 11) is 0. The summed E-state index contributed by atoms with van der Waals surface area (Å²) >= 11 is 0. The van der Waals surface area contributed by atoms with Crippen molar-refractivity contribution in [2.75, 3.05) is 13.1 Å². The van der Waals surface area contributed by atoms with Gasteiger partial charge in [-0.3, -0.25) is 4.79 Å². The molecule has 2 heterocycles. The summed E-state index contributed by atoms with van der Waals surface area (Å²) < 4.78 is 1.95. The molecule has 1 N–H and O–H groups in total. The number of carbonyl (C=O) groups excluding carboxylic acids is 1. The molecule has 112 valence electrons. The minimum atomic E-state index is 0.0615. The molecule has 5 heteroatoms. The lowest BCUT2D eigenvalue weighted by atomic mass is 10.1. The van der Waals surface area contributed by atoms with Crippen LogP contribution in [0.2, 0.25) is 0 Å². The Hall–Kier alpha value is -1.36. The first-order chi connectivity index (χ1) is 9.46. The van der Waals surface area contributed by atoms with Crippen LogP contribution in [0, 0.1) is 0 Å². The van der Waals surface area contributed by atoms with Crippen LogP contribution in [0.15, 0.2) is 12.5 Å². The zero-order valence-corrected chi connectivity index (χ0v) is 12.9. The Morgan fingerprint density at radius 3 is 2.65 bits per heavy atom. The van der Waals surface area contributed by atoms with Crippen molar-refractivity contribution in [2.45, 2.75) is 58.7 Å². The molecule has 0 unspecified atom stereocenters. The molecule has 0 spiro atoms. The monoisotopic (exact) mass is 278 g/mol. The van der Waals surface area contributed by atoms with Crippen molar-refractivity contribution < 1.29 is 4.79 Å². The molecule has 0 aliphatic carbocycles. The fourth-order valence-electron chi connectivity index (χ4n) is 2.38. The molecule has 1 aromatic heterocycles. The van der Waals surface area contributed by atoms with Crippen LogP contribution in [-0.2, 0) is 17.9 Å². The molecule has 1 amide bonds. The molecule has 0 saturated carbocycles. The summed E-state index contributed by atoms with van der Waals surface area (Å²) in [6.45, 7) is 9.34. The molecule has 20 heavy (non-hydrogen) atoms. The fraction of sp³-hybridized carbons (Fsp3) is 0.733. The van der Waals surface area contributed by atoms with Crippen molar-refractivity contribution in [1.29, 1.82) is 0 Å². The zero-order chi connectivity index (χ0) is 14.6. The third-order valence-electron chi connectivity index (χ3n) is 3.61. The average molecular weight is 278 g/mol. The maximum atomic E-state index is 12.3. The molecule has 5 nitrogen and oxygen atoms in total. The molecule has 1 aromatic rings. The third kappa shape index (κ3) is 4.34. The normalized spacial score (nSPS) is 16.4. The Balaban J connectivity index is 1.92. The van der Waals surface area contributed by atoms with Crippen LogP contribution in [-0.4, -0.2) is 39.0 Å². The van der Waals surface area contributed by atoms with Gasteiger partial charge in [-0.05, 0) is 40.0 Å². The lowest BCUT2D eigenvalue weighted by Gasteiger charge is -2.27. The molecular weight excluding hydrogens is 252 g/mol. The number of amides is 1. The number of hydrogen-bond acceptors (Lipinski definition) is 3. The predicted octanol–water partition coefficient (Wildman–Crippen LogP) is 1.78. The number of piperidine rings is 1. The number of nitrogens with zero attached hydrogens (tertiary/aromatic N) is 3. The molecule has 0 aromatic carbocycles. The van der Waals surface area contributed by atoms with Crippen molar-refractivity contribution >= 4 is 5.91 Å². The highest BCUT2D eigenvalue weighted by molar-refractivity contribution is 5.76. The van der Waals surface area contributed by atoms with Gasteiger partial charge >= 0.3 is 0 Å². The second-order valence-corrected chi connectivity index (χ2v) is 6.56. The molecular formula is C15H26N4O. The van der Waals surface area contributed by atoms with Gasteiger partial charge in [0.25, 0.3) is 0 Å². The van der Waals surface area contributed by atoms with Crippen LogP contribution in [0.4, 0.5) is 0 Å². The standard InChI is InChI=1S/C15H26N4O/c1-15(2,3)17-10-13-9-16-12-19(13)11-14(20)18-7-5-4-6-8-18/h9,12,17H,4-8,10-11H2,1-3H3. The minimum absolute atomic E-state index is 0.0615. The van der Waals surface area contributed by atoms with E-state index in [1.807, 2.05) is 15.7 Å². The Labute approximate surface area is 121 Å². The van der Waals surface area contributed by atoms with E-state index in [-0.39, 0.29) is 11.4 Å². The number of hydrogen-bond donors (Lipinski definition) is 1. The number of imidazole rings is 1. The largest absolute Gasteiger partial charge is 0.341 e. The van der Waals surface area contributed by atoms with Crippen molar-refractivity contribution in [3.8, 4) is 0 Å². The molecule has 1 saturated heterocycles. The van der Waals surface area contributed by atoms with Gasteiger partial charge in [0.1, 0.15) is 6.54 Å². The third-order valence-corrected chi connectivity index (χ3v) is 3.61. The van der Waals surface area contributed by atoms with Gasteiger partial charge < -0.3 is 14.8 Å². The molecule has 0 radical (unpaired) electrons. The number of aromatic nitrogens is 2. The van der Waals surface area contributed by atoms with E-state index in [1.54, 1.807) is 6.33 Å². The lowest BCUT2D eigenvalue weighted by molar-refractivity contribution is -0.132. The van der Waals surface area contributed by atoms with Crippen molar-refractivity contribution in [3.63, 3.8) is 0 Å². The van der Waals surface area contributed by atoms with Crippen LogP contribution in [0.5, 0.6) is 0 Å².